The summed E-state index contributed by atoms with van der Waals surface area (Å²) in [4.78, 5) is 42.8. The van der Waals surface area contributed by atoms with Crippen LogP contribution in [-0.2, 0) is 28.2 Å². The van der Waals surface area contributed by atoms with Gasteiger partial charge in [0.1, 0.15) is 6.61 Å². The Kier molecular flexibility index (Phi) is 37.6. The molecule has 0 unspecified atom stereocenters. The zero-order chi connectivity index (χ0) is 37.5. The van der Waals surface area contributed by atoms with E-state index in [-0.39, 0.29) is 19.4 Å². The number of phosphoric acid groups is 1. The quantitative estimate of drug-likeness (QED) is 0.0275. The molecule has 0 aromatic heterocycles. The molecule has 0 saturated carbocycles. The van der Waals surface area contributed by atoms with Gasteiger partial charge in [0.2, 0.25) is 0 Å². The minimum Gasteiger partial charge on any atom is -0.462 e. The second-order valence-electron chi connectivity index (χ2n) is 14.7. The molecule has 1 atom stereocenters. The number of hydrogen-bond acceptors (Lipinski definition) is 6. The van der Waals surface area contributed by atoms with Crippen LogP contribution in [-0.4, -0.2) is 41.0 Å². The molecule has 302 valence electrons. The van der Waals surface area contributed by atoms with Crippen molar-refractivity contribution in [1.82, 2.24) is 0 Å². The maximum absolute atomic E-state index is 12.4. The summed E-state index contributed by atoms with van der Waals surface area (Å²) in [5.74, 6) is -0.882. The van der Waals surface area contributed by atoms with E-state index in [0.29, 0.717) is 6.42 Å². The van der Waals surface area contributed by atoms with Crippen LogP contribution < -0.4 is 0 Å². The lowest BCUT2D eigenvalue weighted by molar-refractivity contribution is -0.161. The van der Waals surface area contributed by atoms with Crippen LogP contribution in [0.25, 0.3) is 0 Å². The second kappa shape index (κ2) is 38.5. The van der Waals surface area contributed by atoms with Crippen molar-refractivity contribution >= 4 is 19.8 Å². The molecular formula is C42H81O8P. The molecule has 9 heteroatoms. The molecule has 0 amide bonds. The molecule has 0 bridgehead atoms. The van der Waals surface area contributed by atoms with Crippen molar-refractivity contribution in [3.63, 3.8) is 0 Å². The van der Waals surface area contributed by atoms with E-state index >= 15 is 0 Å². The Morgan fingerprint density at radius 2 is 0.824 bits per heavy atom. The van der Waals surface area contributed by atoms with Crippen molar-refractivity contribution in [3.05, 3.63) is 12.2 Å². The lowest BCUT2D eigenvalue weighted by atomic mass is 10.0. The van der Waals surface area contributed by atoms with Gasteiger partial charge in [-0.1, -0.05) is 187 Å². The van der Waals surface area contributed by atoms with Crippen LogP contribution in [0.2, 0.25) is 0 Å². The van der Waals surface area contributed by atoms with Crippen molar-refractivity contribution < 1.29 is 37.9 Å². The van der Waals surface area contributed by atoms with Crippen LogP contribution in [0.1, 0.15) is 226 Å². The van der Waals surface area contributed by atoms with Gasteiger partial charge in [-0.25, -0.2) is 4.57 Å². The van der Waals surface area contributed by atoms with Gasteiger partial charge < -0.3 is 19.3 Å². The topological polar surface area (TPSA) is 119 Å². The summed E-state index contributed by atoms with van der Waals surface area (Å²) >= 11 is 0. The van der Waals surface area contributed by atoms with E-state index in [4.69, 9.17) is 19.3 Å². The van der Waals surface area contributed by atoms with Crippen molar-refractivity contribution in [2.45, 2.75) is 232 Å². The van der Waals surface area contributed by atoms with Gasteiger partial charge in [0.05, 0.1) is 6.61 Å². The SMILES string of the molecule is CCCCCCC/C=C\CCCCCCCC(=O)OC[C@H](COP(=O)(O)O)OC(=O)CCCCCCCCCCCCCCCCCCCCC. The number of ether oxygens (including phenoxy) is 2. The Bertz CT molecular complexity index is 843. The van der Waals surface area contributed by atoms with E-state index in [0.717, 1.165) is 51.4 Å². The Hall–Kier alpha value is -1.21. The maximum Gasteiger partial charge on any atom is 0.469 e. The smallest absolute Gasteiger partial charge is 0.462 e. The fraction of sp³-hybridized carbons (Fsp3) is 0.905. The molecular weight excluding hydrogens is 663 g/mol. The zero-order valence-electron chi connectivity index (χ0n) is 33.3. The average Bonchev–Trinajstić information content (AvgIpc) is 3.10. The van der Waals surface area contributed by atoms with Crippen molar-refractivity contribution in [2.75, 3.05) is 13.2 Å². The van der Waals surface area contributed by atoms with E-state index in [1.807, 2.05) is 0 Å². The summed E-state index contributed by atoms with van der Waals surface area (Å²) in [6.45, 7) is 3.69. The van der Waals surface area contributed by atoms with Gasteiger partial charge in [-0.2, -0.15) is 0 Å². The highest BCUT2D eigenvalue weighted by molar-refractivity contribution is 7.46. The molecule has 0 rings (SSSR count). The summed E-state index contributed by atoms with van der Waals surface area (Å²) in [6.07, 6.45) is 42.2. The molecule has 0 radical (unpaired) electrons. The van der Waals surface area contributed by atoms with Crippen LogP contribution in [0.5, 0.6) is 0 Å². The van der Waals surface area contributed by atoms with Gasteiger partial charge >= 0.3 is 19.8 Å². The highest BCUT2D eigenvalue weighted by Crippen LogP contribution is 2.36. The number of allylic oxidation sites excluding steroid dienone is 2. The summed E-state index contributed by atoms with van der Waals surface area (Å²) in [5.41, 5.74) is 0. The van der Waals surface area contributed by atoms with Crippen molar-refractivity contribution in [3.8, 4) is 0 Å². The first-order chi connectivity index (χ1) is 24.8. The van der Waals surface area contributed by atoms with E-state index in [1.165, 1.54) is 141 Å². The molecule has 0 aromatic rings. The van der Waals surface area contributed by atoms with Crippen LogP contribution in [0.4, 0.5) is 0 Å². The van der Waals surface area contributed by atoms with Crippen LogP contribution in [0.15, 0.2) is 12.2 Å². The molecule has 0 saturated heterocycles. The van der Waals surface area contributed by atoms with Crippen LogP contribution >= 0.6 is 7.82 Å². The largest absolute Gasteiger partial charge is 0.469 e. The predicted octanol–water partition coefficient (Wildman–Crippen LogP) is 13.0. The van der Waals surface area contributed by atoms with Gasteiger partial charge in [0.15, 0.2) is 6.10 Å². The number of hydrogen-bond donors (Lipinski definition) is 2. The number of esters is 2. The van der Waals surface area contributed by atoms with Crippen LogP contribution in [0, 0.1) is 0 Å². The first-order valence-corrected chi connectivity index (χ1v) is 23.0. The minimum atomic E-state index is -4.75. The van der Waals surface area contributed by atoms with E-state index in [2.05, 4.69) is 30.5 Å². The molecule has 0 aliphatic rings. The summed E-state index contributed by atoms with van der Waals surface area (Å²) in [7, 11) is -4.75. The third-order valence-corrected chi connectivity index (χ3v) is 10.0. The van der Waals surface area contributed by atoms with Gasteiger partial charge in [-0.05, 0) is 38.5 Å². The molecule has 0 fully saturated rings. The fourth-order valence-electron chi connectivity index (χ4n) is 6.31. The number of rotatable bonds is 40. The molecule has 0 aromatic carbocycles. The Morgan fingerprint density at radius 3 is 1.20 bits per heavy atom. The third-order valence-electron chi connectivity index (χ3n) is 9.53. The zero-order valence-corrected chi connectivity index (χ0v) is 34.2. The monoisotopic (exact) mass is 745 g/mol. The predicted molar refractivity (Wildman–Crippen MR) is 212 cm³/mol. The molecule has 51 heavy (non-hydrogen) atoms. The highest BCUT2D eigenvalue weighted by Gasteiger charge is 2.22. The van der Waals surface area contributed by atoms with Crippen molar-refractivity contribution in [1.29, 1.82) is 0 Å². The summed E-state index contributed by atoms with van der Waals surface area (Å²) in [5, 5.41) is 0. The normalized spacial score (nSPS) is 12.5. The summed E-state index contributed by atoms with van der Waals surface area (Å²) < 4.78 is 26.4. The van der Waals surface area contributed by atoms with Gasteiger partial charge in [0.25, 0.3) is 0 Å². The number of phosphoric ester groups is 1. The maximum atomic E-state index is 12.4. The summed E-state index contributed by atoms with van der Waals surface area (Å²) in [6, 6.07) is 0. The average molecular weight is 745 g/mol. The molecule has 0 spiro atoms. The van der Waals surface area contributed by atoms with Crippen molar-refractivity contribution in [2.24, 2.45) is 0 Å². The van der Waals surface area contributed by atoms with E-state index in [1.54, 1.807) is 0 Å². The standard InChI is InChI=1S/C42H81O8P/c1-3-5-7-9-11-13-15-17-19-20-21-22-23-25-27-29-31-33-35-37-42(44)50-40(39-49-51(45,46)47)38-48-41(43)36-34-32-30-28-26-24-18-16-14-12-10-8-6-4-2/h16,18,40H,3-15,17,19-39H2,1-2H3,(H2,45,46,47)/b18-16-/t40-/m1/s1. The van der Waals surface area contributed by atoms with E-state index < -0.39 is 32.5 Å². The van der Waals surface area contributed by atoms with E-state index in [9.17, 15) is 14.2 Å². The molecule has 2 N–H and O–H groups in total. The molecule has 8 nitrogen and oxygen atoms in total. The third kappa shape index (κ3) is 41.4. The number of carbonyl (C=O) groups is 2. The highest BCUT2D eigenvalue weighted by atomic mass is 31.2. The molecule has 0 aliphatic heterocycles. The Balaban J connectivity index is 3.86. The van der Waals surface area contributed by atoms with Gasteiger partial charge in [0, 0.05) is 12.8 Å². The Morgan fingerprint density at radius 1 is 0.490 bits per heavy atom. The van der Waals surface area contributed by atoms with Gasteiger partial charge in [-0.3, -0.25) is 14.1 Å². The van der Waals surface area contributed by atoms with Crippen LogP contribution in [0.3, 0.4) is 0 Å². The molecule has 0 aliphatic carbocycles. The first-order valence-electron chi connectivity index (χ1n) is 21.5. The Labute approximate surface area is 314 Å². The number of carbonyl (C=O) groups excluding carboxylic acids is 2. The fourth-order valence-corrected chi connectivity index (χ4v) is 6.67. The lowest BCUT2D eigenvalue weighted by Crippen LogP contribution is -2.29. The first kappa shape index (κ1) is 49.8. The lowest BCUT2D eigenvalue weighted by Gasteiger charge is -2.18. The molecule has 0 heterocycles. The number of unbranched alkanes of at least 4 members (excludes halogenated alkanes) is 28. The second-order valence-corrected chi connectivity index (χ2v) is 15.9. The minimum absolute atomic E-state index is 0.216. The van der Waals surface area contributed by atoms with Gasteiger partial charge in [-0.15, -0.1) is 0 Å².